The first-order chi connectivity index (χ1) is 12.8. The number of nitrogens with zero attached hydrogens (tertiary/aromatic N) is 5. The molecule has 0 spiro atoms. The number of aliphatic hydroxyl groups is 1. The Hall–Kier alpha value is -3.32. The maximum atomic E-state index is 9.40. The lowest BCUT2D eigenvalue weighted by molar-refractivity contribution is 0.239. The monoisotopic (exact) mass is 347 g/mol. The van der Waals surface area contributed by atoms with Gasteiger partial charge in [0.25, 0.3) is 0 Å². The predicted octanol–water partition coefficient (Wildman–Crippen LogP) is 3.22. The SMILES string of the molecule is CC(CO)n1cnnc1-c1cccc(-c2ncc(-c3ccccc3)o2)n1. The molecule has 0 bridgehead atoms. The molecule has 7 nitrogen and oxygen atoms in total. The Bertz CT molecular complexity index is 1010. The summed E-state index contributed by atoms with van der Waals surface area (Å²) in [7, 11) is 0. The fourth-order valence-electron chi connectivity index (χ4n) is 2.64. The van der Waals surface area contributed by atoms with Crippen molar-refractivity contribution in [3.05, 3.63) is 61.1 Å². The van der Waals surface area contributed by atoms with E-state index in [1.165, 1.54) is 0 Å². The lowest BCUT2D eigenvalue weighted by Crippen LogP contribution is -2.10. The standard InChI is InChI=1S/C19H17N5O2/c1-13(11-25)24-12-21-23-18(24)15-8-5-9-16(22-15)19-20-10-17(26-19)14-6-3-2-4-7-14/h2-10,12-13,25H,11H2,1H3. The number of rotatable bonds is 5. The topological polar surface area (TPSA) is 89.9 Å². The van der Waals surface area contributed by atoms with Crippen LogP contribution in [0.15, 0.2) is 65.5 Å². The minimum absolute atomic E-state index is 0.00902. The minimum atomic E-state index is -0.142. The molecule has 3 aromatic heterocycles. The molecule has 0 aliphatic rings. The highest BCUT2D eigenvalue weighted by Gasteiger charge is 2.16. The minimum Gasteiger partial charge on any atom is -0.435 e. The summed E-state index contributed by atoms with van der Waals surface area (Å²) in [6.45, 7) is 1.88. The third-order valence-corrected chi connectivity index (χ3v) is 4.07. The molecule has 26 heavy (non-hydrogen) atoms. The Kier molecular flexibility index (Phi) is 4.28. The van der Waals surface area contributed by atoms with Crippen LogP contribution in [0.3, 0.4) is 0 Å². The maximum Gasteiger partial charge on any atom is 0.245 e. The summed E-state index contributed by atoms with van der Waals surface area (Å²) in [6, 6.07) is 15.2. The van der Waals surface area contributed by atoms with E-state index >= 15 is 0 Å². The van der Waals surface area contributed by atoms with Gasteiger partial charge in [-0.2, -0.15) is 0 Å². The molecule has 4 aromatic rings. The number of hydrogen-bond acceptors (Lipinski definition) is 6. The smallest absolute Gasteiger partial charge is 0.245 e. The van der Waals surface area contributed by atoms with Crippen molar-refractivity contribution in [1.29, 1.82) is 0 Å². The van der Waals surface area contributed by atoms with E-state index in [2.05, 4.69) is 20.2 Å². The highest BCUT2D eigenvalue weighted by molar-refractivity contribution is 5.61. The van der Waals surface area contributed by atoms with Crippen LogP contribution in [0.2, 0.25) is 0 Å². The average Bonchev–Trinajstić information content (AvgIpc) is 3.38. The van der Waals surface area contributed by atoms with Crippen LogP contribution in [0, 0.1) is 0 Å². The van der Waals surface area contributed by atoms with Gasteiger partial charge in [0.2, 0.25) is 5.89 Å². The highest BCUT2D eigenvalue weighted by atomic mass is 16.4. The van der Waals surface area contributed by atoms with Gasteiger partial charge in [-0.15, -0.1) is 10.2 Å². The van der Waals surface area contributed by atoms with E-state index in [-0.39, 0.29) is 12.6 Å². The fourth-order valence-corrected chi connectivity index (χ4v) is 2.64. The van der Waals surface area contributed by atoms with Crippen molar-refractivity contribution < 1.29 is 9.52 Å². The van der Waals surface area contributed by atoms with Crippen LogP contribution in [0.1, 0.15) is 13.0 Å². The summed E-state index contributed by atoms with van der Waals surface area (Å²) >= 11 is 0. The second-order valence-corrected chi connectivity index (χ2v) is 5.90. The van der Waals surface area contributed by atoms with Crippen molar-refractivity contribution in [3.63, 3.8) is 0 Å². The van der Waals surface area contributed by atoms with Gasteiger partial charge >= 0.3 is 0 Å². The molecule has 3 heterocycles. The van der Waals surface area contributed by atoms with Gasteiger partial charge in [0, 0.05) is 5.56 Å². The van der Waals surface area contributed by atoms with E-state index in [0.717, 1.165) is 5.56 Å². The normalized spacial score (nSPS) is 12.2. The van der Waals surface area contributed by atoms with Crippen molar-refractivity contribution in [2.75, 3.05) is 6.61 Å². The van der Waals surface area contributed by atoms with Crippen molar-refractivity contribution >= 4 is 0 Å². The molecule has 0 aliphatic carbocycles. The van der Waals surface area contributed by atoms with Crippen LogP contribution >= 0.6 is 0 Å². The zero-order chi connectivity index (χ0) is 17.9. The molecule has 1 atom stereocenters. The average molecular weight is 347 g/mol. The van der Waals surface area contributed by atoms with E-state index in [0.29, 0.717) is 28.9 Å². The Labute approximate surface area is 150 Å². The Morgan fingerprint density at radius 2 is 1.88 bits per heavy atom. The van der Waals surface area contributed by atoms with Gasteiger partial charge in [0.05, 0.1) is 18.8 Å². The summed E-state index contributed by atoms with van der Waals surface area (Å²) in [5.74, 6) is 1.71. The first kappa shape index (κ1) is 16.2. The first-order valence-electron chi connectivity index (χ1n) is 8.25. The van der Waals surface area contributed by atoms with Gasteiger partial charge in [-0.25, -0.2) is 9.97 Å². The molecule has 0 saturated carbocycles. The summed E-state index contributed by atoms with van der Waals surface area (Å²) in [5.41, 5.74) is 2.20. The van der Waals surface area contributed by atoms with Gasteiger partial charge in [-0.1, -0.05) is 36.4 Å². The molecule has 130 valence electrons. The molecular weight excluding hydrogens is 330 g/mol. The number of aromatic nitrogens is 5. The van der Waals surface area contributed by atoms with E-state index in [4.69, 9.17) is 4.42 Å². The maximum absolute atomic E-state index is 9.40. The molecular formula is C19H17N5O2. The molecule has 7 heteroatoms. The van der Waals surface area contributed by atoms with Gasteiger partial charge in [-0.05, 0) is 19.1 Å². The predicted molar refractivity (Wildman–Crippen MR) is 96.0 cm³/mol. The first-order valence-corrected chi connectivity index (χ1v) is 8.25. The zero-order valence-electron chi connectivity index (χ0n) is 14.1. The molecule has 0 saturated heterocycles. The fraction of sp³-hybridized carbons (Fsp3) is 0.158. The van der Waals surface area contributed by atoms with Crippen molar-refractivity contribution in [2.24, 2.45) is 0 Å². The lowest BCUT2D eigenvalue weighted by atomic mass is 10.2. The molecule has 1 N–H and O–H groups in total. The van der Waals surface area contributed by atoms with Gasteiger partial charge in [-0.3, -0.25) is 0 Å². The number of oxazole rings is 1. The molecule has 4 rings (SSSR count). The molecule has 0 aliphatic heterocycles. The molecule has 1 aromatic carbocycles. The van der Waals surface area contributed by atoms with Crippen molar-refractivity contribution in [1.82, 2.24) is 24.7 Å². The second kappa shape index (κ2) is 6.89. The van der Waals surface area contributed by atoms with Crippen LogP contribution in [-0.4, -0.2) is 36.4 Å². The van der Waals surface area contributed by atoms with Gasteiger partial charge in [0.15, 0.2) is 11.6 Å². The highest BCUT2D eigenvalue weighted by Crippen LogP contribution is 2.26. The van der Waals surface area contributed by atoms with Crippen molar-refractivity contribution in [3.8, 4) is 34.4 Å². The van der Waals surface area contributed by atoms with E-state index < -0.39 is 0 Å². The van der Waals surface area contributed by atoms with Gasteiger partial charge < -0.3 is 14.1 Å². The second-order valence-electron chi connectivity index (χ2n) is 5.90. The van der Waals surface area contributed by atoms with Crippen LogP contribution < -0.4 is 0 Å². The van der Waals surface area contributed by atoms with Crippen LogP contribution in [0.5, 0.6) is 0 Å². The Morgan fingerprint density at radius 1 is 1.08 bits per heavy atom. The van der Waals surface area contributed by atoms with E-state index in [1.807, 2.05) is 55.5 Å². The largest absolute Gasteiger partial charge is 0.435 e. The third kappa shape index (κ3) is 3.00. The Balaban J connectivity index is 1.69. The van der Waals surface area contributed by atoms with E-state index in [1.54, 1.807) is 17.1 Å². The third-order valence-electron chi connectivity index (χ3n) is 4.07. The number of benzene rings is 1. The van der Waals surface area contributed by atoms with Crippen molar-refractivity contribution in [2.45, 2.75) is 13.0 Å². The number of aliphatic hydroxyl groups excluding tert-OH is 1. The molecule has 0 fully saturated rings. The number of pyridine rings is 1. The van der Waals surface area contributed by atoms with Crippen LogP contribution in [0.25, 0.3) is 34.4 Å². The lowest BCUT2D eigenvalue weighted by Gasteiger charge is -2.12. The van der Waals surface area contributed by atoms with E-state index in [9.17, 15) is 5.11 Å². The summed E-state index contributed by atoms with van der Waals surface area (Å²) in [5, 5.41) is 17.5. The summed E-state index contributed by atoms with van der Waals surface area (Å²) in [4.78, 5) is 8.96. The summed E-state index contributed by atoms with van der Waals surface area (Å²) in [6.07, 6.45) is 3.28. The molecule has 0 radical (unpaired) electrons. The van der Waals surface area contributed by atoms with Crippen LogP contribution in [-0.2, 0) is 0 Å². The summed E-state index contributed by atoms with van der Waals surface area (Å²) < 4.78 is 7.66. The molecule has 0 amide bonds. The molecule has 1 unspecified atom stereocenters. The number of hydrogen-bond donors (Lipinski definition) is 1. The van der Waals surface area contributed by atoms with Gasteiger partial charge in [0.1, 0.15) is 17.7 Å². The zero-order valence-corrected chi connectivity index (χ0v) is 14.1. The Morgan fingerprint density at radius 3 is 2.69 bits per heavy atom. The quantitative estimate of drug-likeness (QED) is 0.596. The van der Waals surface area contributed by atoms with Crippen LogP contribution in [0.4, 0.5) is 0 Å².